The first-order valence-corrected chi connectivity index (χ1v) is 16.9. The molecule has 0 spiro atoms. The molecular formula is C34H30ClF4N11O4. The Bertz CT molecular complexity index is 2540. The number of nitrogens with zero attached hydrogens (tertiary/aromatic N) is 10. The zero-order valence-electron chi connectivity index (χ0n) is 28.8. The topological polar surface area (TPSA) is 169 Å². The van der Waals surface area contributed by atoms with Crippen molar-refractivity contribution in [1.29, 1.82) is 0 Å². The molecule has 2 amide bonds. The molecular weight excluding hydrogens is 738 g/mol. The largest absolute Gasteiger partial charge is 0.504 e. The number of alkyl halides is 3. The van der Waals surface area contributed by atoms with Crippen LogP contribution in [0.3, 0.4) is 0 Å². The highest BCUT2D eigenvalue weighted by Crippen LogP contribution is 2.34. The number of carbonyl (C=O) groups excluding carboxylic acids is 2. The van der Waals surface area contributed by atoms with E-state index in [2.05, 4.69) is 30.5 Å². The second-order valence-electron chi connectivity index (χ2n) is 12.6. The van der Waals surface area contributed by atoms with Crippen LogP contribution >= 0.6 is 11.6 Å². The van der Waals surface area contributed by atoms with Gasteiger partial charge in [0.1, 0.15) is 24.4 Å². The molecule has 0 bridgehead atoms. The van der Waals surface area contributed by atoms with E-state index in [0.717, 1.165) is 16.6 Å². The molecule has 20 heteroatoms. The van der Waals surface area contributed by atoms with E-state index in [-0.39, 0.29) is 83.3 Å². The lowest BCUT2D eigenvalue weighted by molar-refractivity contribution is -0.137. The van der Waals surface area contributed by atoms with Crippen LogP contribution in [0.25, 0.3) is 28.1 Å². The van der Waals surface area contributed by atoms with Crippen molar-refractivity contribution >= 4 is 51.5 Å². The first-order chi connectivity index (χ1) is 25.6. The lowest BCUT2D eigenvalue weighted by Crippen LogP contribution is -2.51. The van der Waals surface area contributed by atoms with Crippen molar-refractivity contribution in [2.24, 2.45) is 7.05 Å². The van der Waals surface area contributed by atoms with Crippen LogP contribution in [0.15, 0.2) is 47.7 Å². The predicted molar refractivity (Wildman–Crippen MR) is 188 cm³/mol. The van der Waals surface area contributed by atoms with Gasteiger partial charge < -0.3 is 24.8 Å². The van der Waals surface area contributed by atoms with Crippen molar-refractivity contribution in [3.8, 4) is 17.1 Å². The van der Waals surface area contributed by atoms with Gasteiger partial charge in [0, 0.05) is 50.9 Å². The summed E-state index contributed by atoms with van der Waals surface area (Å²) in [6, 6.07) is 5.22. The van der Waals surface area contributed by atoms with Gasteiger partial charge in [-0.2, -0.15) is 27.8 Å². The van der Waals surface area contributed by atoms with Gasteiger partial charge in [0.05, 0.1) is 38.7 Å². The standard InChI is InChI=1S/C34H30ClF4N11O4/c1-4-25-28(47-7-9-48(10-8-47)31(53)27-29(52)17(2)40-16-41-27)32(54)50-33(43-30(45-50)20-11-18-14-46(3)44-24(18)13-22(20)36)49(25)15-26(51)42-23-6-5-19(12-21(23)35)34(37,38)39/h5-6,11-14,16,52H,4,7-10,15H2,1-3H3,(H,42,51). The van der Waals surface area contributed by atoms with Crippen molar-refractivity contribution in [3.63, 3.8) is 0 Å². The molecule has 54 heavy (non-hydrogen) atoms. The molecule has 6 aromatic rings. The molecule has 15 nitrogen and oxygen atoms in total. The highest BCUT2D eigenvalue weighted by atomic mass is 35.5. The van der Waals surface area contributed by atoms with Gasteiger partial charge in [-0.25, -0.2) is 14.4 Å². The minimum atomic E-state index is -4.65. The van der Waals surface area contributed by atoms with Crippen molar-refractivity contribution in [2.45, 2.75) is 33.0 Å². The summed E-state index contributed by atoms with van der Waals surface area (Å²) in [5.41, 5.74) is -0.737. The summed E-state index contributed by atoms with van der Waals surface area (Å²) in [5, 5.41) is 21.8. The zero-order valence-corrected chi connectivity index (χ0v) is 29.6. The molecule has 0 radical (unpaired) electrons. The van der Waals surface area contributed by atoms with Crippen LogP contribution in [0.5, 0.6) is 5.75 Å². The molecule has 0 unspecified atom stereocenters. The van der Waals surface area contributed by atoms with Gasteiger partial charge in [-0.1, -0.05) is 18.5 Å². The first kappa shape index (κ1) is 36.3. The molecule has 280 valence electrons. The highest BCUT2D eigenvalue weighted by molar-refractivity contribution is 6.33. The normalized spacial score (nSPS) is 13.6. The third kappa shape index (κ3) is 6.54. The number of nitrogens with one attached hydrogen (secondary N) is 1. The average Bonchev–Trinajstić information content (AvgIpc) is 3.73. The summed E-state index contributed by atoms with van der Waals surface area (Å²) < 4.78 is 59.1. The number of anilines is 2. The van der Waals surface area contributed by atoms with Gasteiger partial charge in [-0.3, -0.25) is 19.1 Å². The fourth-order valence-electron chi connectivity index (χ4n) is 6.42. The third-order valence-electron chi connectivity index (χ3n) is 9.07. The number of fused-ring (bicyclic) bond motifs is 2. The lowest BCUT2D eigenvalue weighted by Gasteiger charge is -2.36. The Hall–Kier alpha value is -6.11. The van der Waals surface area contributed by atoms with Gasteiger partial charge in [0.2, 0.25) is 11.7 Å². The summed E-state index contributed by atoms with van der Waals surface area (Å²) in [7, 11) is 1.68. The minimum Gasteiger partial charge on any atom is -0.504 e. The fourth-order valence-corrected chi connectivity index (χ4v) is 6.64. The van der Waals surface area contributed by atoms with Crippen LogP contribution < -0.4 is 15.8 Å². The molecule has 2 aromatic carbocycles. The van der Waals surface area contributed by atoms with Gasteiger partial charge in [-0.05, 0) is 37.6 Å². The maximum Gasteiger partial charge on any atom is 0.416 e. The number of aromatic nitrogens is 8. The Kier molecular flexibility index (Phi) is 9.20. The van der Waals surface area contributed by atoms with Crippen LogP contribution in [0.4, 0.5) is 28.9 Å². The van der Waals surface area contributed by atoms with Crippen LogP contribution in [0, 0.1) is 12.7 Å². The van der Waals surface area contributed by atoms with Crippen LogP contribution in [-0.4, -0.2) is 86.9 Å². The first-order valence-electron chi connectivity index (χ1n) is 16.5. The molecule has 1 saturated heterocycles. The number of benzene rings is 2. The third-order valence-corrected chi connectivity index (χ3v) is 9.38. The molecule has 0 atom stereocenters. The number of aryl methyl sites for hydroxylation is 2. The molecule has 7 rings (SSSR count). The van der Waals surface area contributed by atoms with E-state index in [1.54, 1.807) is 32.0 Å². The number of carbonyl (C=O) groups is 2. The Morgan fingerprint density at radius 3 is 2.48 bits per heavy atom. The number of halogens is 5. The number of hydrogen-bond acceptors (Lipinski definition) is 10. The van der Waals surface area contributed by atoms with Crippen LogP contribution in [0.2, 0.25) is 5.02 Å². The van der Waals surface area contributed by atoms with E-state index >= 15 is 4.39 Å². The fraction of sp³-hybridized carbons (Fsp3) is 0.294. The second kappa shape index (κ2) is 13.7. The van der Waals surface area contributed by atoms with Gasteiger partial charge >= 0.3 is 6.18 Å². The molecule has 1 aliphatic rings. The SMILES string of the molecule is CCc1c(N2CCN(C(=O)c3ncnc(C)c3O)CC2)c(=O)n2nc(-c3cc4cn(C)nc4cc3F)nc2n1CC(=O)Nc1ccc(C(F)(F)F)cc1Cl. The smallest absolute Gasteiger partial charge is 0.416 e. The van der Waals surface area contributed by atoms with Gasteiger partial charge in [0.15, 0.2) is 17.3 Å². The molecule has 0 aliphatic carbocycles. The predicted octanol–water partition coefficient (Wildman–Crippen LogP) is 4.22. The van der Waals surface area contributed by atoms with E-state index < -0.39 is 41.5 Å². The van der Waals surface area contributed by atoms with E-state index in [4.69, 9.17) is 11.6 Å². The van der Waals surface area contributed by atoms with Crippen molar-refractivity contribution in [2.75, 3.05) is 36.4 Å². The molecule has 5 heterocycles. The Labute approximate surface area is 307 Å². The lowest BCUT2D eigenvalue weighted by atomic mass is 10.1. The number of rotatable bonds is 7. The van der Waals surface area contributed by atoms with Crippen molar-refractivity contribution in [3.05, 3.63) is 86.7 Å². The number of hydrogen-bond donors (Lipinski definition) is 2. The minimum absolute atomic E-state index is 0.0268. The molecule has 1 fully saturated rings. The molecule has 0 saturated carbocycles. The Morgan fingerprint density at radius 2 is 1.80 bits per heavy atom. The summed E-state index contributed by atoms with van der Waals surface area (Å²) in [6.45, 7) is 3.38. The van der Waals surface area contributed by atoms with Crippen LogP contribution in [0.1, 0.15) is 34.4 Å². The van der Waals surface area contributed by atoms with E-state index in [9.17, 15) is 32.7 Å². The second-order valence-corrected chi connectivity index (χ2v) is 13.0. The molecule has 2 N–H and O–H groups in total. The quantitative estimate of drug-likeness (QED) is 0.225. The maximum absolute atomic E-state index is 15.5. The van der Waals surface area contributed by atoms with E-state index in [0.29, 0.717) is 22.7 Å². The number of piperazine rings is 1. The average molecular weight is 768 g/mol. The summed E-state index contributed by atoms with van der Waals surface area (Å²) in [4.78, 5) is 56.7. The Morgan fingerprint density at radius 1 is 1.06 bits per heavy atom. The number of aromatic hydroxyl groups is 1. The summed E-state index contributed by atoms with van der Waals surface area (Å²) >= 11 is 6.12. The molecule has 1 aliphatic heterocycles. The van der Waals surface area contributed by atoms with Crippen LogP contribution in [-0.2, 0) is 31.0 Å². The van der Waals surface area contributed by atoms with Gasteiger partial charge in [0.25, 0.3) is 11.5 Å². The van der Waals surface area contributed by atoms with E-state index in [1.807, 2.05) is 0 Å². The maximum atomic E-state index is 15.5. The zero-order chi connectivity index (χ0) is 38.6. The molecule has 4 aromatic heterocycles. The van der Waals surface area contributed by atoms with Gasteiger partial charge in [-0.15, -0.1) is 5.10 Å². The Balaban J connectivity index is 1.28. The van der Waals surface area contributed by atoms with Crippen molar-refractivity contribution in [1.82, 2.24) is 43.8 Å². The summed E-state index contributed by atoms with van der Waals surface area (Å²) in [6.07, 6.45) is -1.60. The monoisotopic (exact) mass is 767 g/mol. The number of amides is 2. The van der Waals surface area contributed by atoms with E-state index in [1.165, 1.54) is 32.6 Å². The highest BCUT2D eigenvalue weighted by Gasteiger charge is 2.32. The summed E-state index contributed by atoms with van der Waals surface area (Å²) in [5.74, 6) is -2.52. The van der Waals surface area contributed by atoms with Crippen molar-refractivity contribution < 1.29 is 32.3 Å².